The highest BCUT2D eigenvalue weighted by molar-refractivity contribution is 5.76. The van der Waals surface area contributed by atoms with Gasteiger partial charge in [-0.25, -0.2) is 0 Å². The molecule has 6 heteroatoms. The van der Waals surface area contributed by atoms with E-state index in [0.717, 1.165) is 51.4 Å². The van der Waals surface area contributed by atoms with Crippen molar-refractivity contribution in [3.05, 3.63) is 24.3 Å². The Labute approximate surface area is 494 Å². The quantitative estimate of drug-likeness (QED) is 0.0320. The van der Waals surface area contributed by atoms with Crippen LogP contribution in [0.25, 0.3) is 0 Å². The van der Waals surface area contributed by atoms with Crippen LogP contribution in [0.3, 0.4) is 0 Å². The van der Waals surface area contributed by atoms with Gasteiger partial charge in [-0.3, -0.25) is 9.59 Å². The van der Waals surface area contributed by atoms with Crippen molar-refractivity contribution in [3.63, 3.8) is 0 Å². The average Bonchev–Trinajstić information content (AvgIpc) is 3.45. The van der Waals surface area contributed by atoms with Gasteiger partial charge in [0.25, 0.3) is 0 Å². The third-order valence-electron chi connectivity index (χ3n) is 17.0. The van der Waals surface area contributed by atoms with E-state index in [0.29, 0.717) is 25.9 Å². The lowest BCUT2D eigenvalue weighted by Crippen LogP contribution is -2.45. The Hall–Kier alpha value is -1.66. The fourth-order valence-corrected chi connectivity index (χ4v) is 11.5. The van der Waals surface area contributed by atoms with E-state index in [9.17, 15) is 19.8 Å². The molecule has 0 aromatic heterocycles. The highest BCUT2D eigenvalue weighted by atomic mass is 16.5. The van der Waals surface area contributed by atoms with Crippen molar-refractivity contribution in [2.75, 3.05) is 13.2 Å². The second-order valence-corrected chi connectivity index (χ2v) is 24.9. The van der Waals surface area contributed by atoms with Crippen molar-refractivity contribution >= 4 is 11.9 Å². The molecule has 0 radical (unpaired) electrons. The lowest BCUT2D eigenvalue weighted by Gasteiger charge is -2.22. The van der Waals surface area contributed by atoms with Crippen LogP contribution < -0.4 is 5.32 Å². The van der Waals surface area contributed by atoms with E-state index in [4.69, 9.17) is 4.74 Å². The Morgan fingerprint density at radius 1 is 0.354 bits per heavy atom. The molecule has 6 nitrogen and oxygen atoms in total. The Kier molecular flexibility index (Phi) is 67.4. The van der Waals surface area contributed by atoms with Gasteiger partial charge in [-0.05, 0) is 57.8 Å². The molecule has 0 bridgehead atoms. The molecular formula is C73H141NO5. The molecule has 0 aromatic carbocycles. The molecule has 0 aliphatic carbocycles. The number of amides is 1. The lowest BCUT2D eigenvalue weighted by molar-refractivity contribution is -0.143. The van der Waals surface area contributed by atoms with E-state index in [1.165, 1.54) is 321 Å². The Bertz CT molecular complexity index is 1230. The van der Waals surface area contributed by atoms with Crippen molar-refractivity contribution in [1.29, 1.82) is 0 Å². The molecule has 0 fully saturated rings. The summed E-state index contributed by atoms with van der Waals surface area (Å²) in [5.41, 5.74) is 0. The van der Waals surface area contributed by atoms with Gasteiger partial charge in [0.2, 0.25) is 5.91 Å². The average molecular weight is 1110 g/mol. The second kappa shape index (κ2) is 68.8. The van der Waals surface area contributed by atoms with Gasteiger partial charge in [0, 0.05) is 12.8 Å². The van der Waals surface area contributed by atoms with E-state index in [1.807, 2.05) is 0 Å². The van der Waals surface area contributed by atoms with Crippen LogP contribution in [0.2, 0.25) is 0 Å². The van der Waals surface area contributed by atoms with E-state index in [1.54, 1.807) is 0 Å². The third-order valence-corrected chi connectivity index (χ3v) is 17.0. The second-order valence-electron chi connectivity index (χ2n) is 24.9. The number of carbonyl (C=O) groups is 2. The Balaban J connectivity index is 3.31. The first-order valence-electron chi connectivity index (χ1n) is 36.1. The van der Waals surface area contributed by atoms with Gasteiger partial charge in [0.05, 0.1) is 25.4 Å². The standard InChI is InChI=1S/C73H141NO5/c1-3-5-7-9-11-13-15-17-19-20-36-39-43-47-51-55-59-63-67-73(78)79-68-64-60-56-52-48-44-40-37-34-32-30-28-26-24-22-21-23-25-27-29-31-33-35-38-42-46-50-54-58-62-66-72(77)74-70(69-75)71(76)65-61-57-53-49-45-41-18-16-14-12-10-8-6-4-2/h13,15,19-20,70-71,75-76H,3-12,14,16-18,21-69H2,1-2H3,(H,74,77)/b15-13-,20-19-. The molecule has 0 aromatic rings. The van der Waals surface area contributed by atoms with Gasteiger partial charge in [-0.15, -0.1) is 0 Å². The van der Waals surface area contributed by atoms with Crippen LogP contribution in [0.5, 0.6) is 0 Å². The molecule has 0 aliphatic rings. The van der Waals surface area contributed by atoms with E-state index < -0.39 is 12.1 Å². The summed E-state index contributed by atoms with van der Waals surface area (Å²) in [6.45, 7) is 4.97. The summed E-state index contributed by atoms with van der Waals surface area (Å²) < 4.78 is 5.51. The number of nitrogens with one attached hydrogen (secondary N) is 1. The molecule has 3 N–H and O–H groups in total. The number of hydrogen-bond acceptors (Lipinski definition) is 5. The van der Waals surface area contributed by atoms with Crippen molar-refractivity contribution in [2.24, 2.45) is 0 Å². The van der Waals surface area contributed by atoms with Crippen LogP contribution >= 0.6 is 0 Å². The zero-order chi connectivity index (χ0) is 57.1. The number of unbranched alkanes of at least 4 members (excludes halogenated alkanes) is 53. The number of esters is 1. The SMILES string of the molecule is CCCCCC/C=C\C/C=C\CCCCCCCCCC(=O)OCCCCCCCCCCCCCCCCCCCCCCCCCCCCCCCCC(=O)NC(CO)C(O)CCCCCCCCCCCCCCCC. The topological polar surface area (TPSA) is 95.9 Å². The molecule has 2 unspecified atom stereocenters. The van der Waals surface area contributed by atoms with Crippen LogP contribution in [0.15, 0.2) is 24.3 Å². The van der Waals surface area contributed by atoms with Crippen molar-refractivity contribution in [1.82, 2.24) is 5.32 Å². The molecule has 2 atom stereocenters. The molecule has 468 valence electrons. The van der Waals surface area contributed by atoms with Crippen LogP contribution in [0.1, 0.15) is 406 Å². The summed E-state index contributed by atoms with van der Waals surface area (Å²) in [5.74, 6) is -0.0150. The predicted molar refractivity (Wildman–Crippen MR) is 347 cm³/mol. The number of allylic oxidation sites excluding steroid dienone is 4. The fraction of sp³-hybridized carbons (Fsp3) is 0.918. The maximum Gasteiger partial charge on any atom is 0.305 e. The number of ether oxygens (including phenoxy) is 1. The normalized spacial score (nSPS) is 12.6. The lowest BCUT2D eigenvalue weighted by atomic mass is 10.0. The summed E-state index contributed by atoms with van der Waals surface area (Å²) in [6.07, 6.45) is 86.7. The number of aliphatic hydroxyl groups is 2. The van der Waals surface area contributed by atoms with Crippen molar-refractivity contribution in [2.45, 2.75) is 418 Å². The minimum Gasteiger partial charge on any atom is -0.466 e. The van der Waals surface area contributed by atoms with Gasteiger partial charge in [0.1, 0.15) is 0 Å². The van der Waals surface area contributed by atoms with Crippen molar-refractivity contribution < 1.29 is 24.5 Å². The molecule has 0 heterocycles. The van der Waals surface area contributed by atoms with Crippen LogP contribution in [-0.2, 0) is 14.3 Å². The Morgan fingerprint density at radius 2 is 0.633 bits per heavy atom. The summed E-state index contributed by atoms with van der Waals surface area (Å²) >= 11 is 0. The summed E-state index contributed by atoms with van der Waals surface area (Å²) in [5, 5.41) is 23.3. The van der Waals surface area contributed by atoms with Gasteiger partial charge >= 0.3 is 5.97 Å². The third kappa shape index (κ3) is 65.4. The zero-order valence-corrected chi connectivity index (χ0v) is 53.6. The highest BCUT2D eigenvalue weighted by Crippen LogP contribution is 2.19. The maximum atomic E-state index is 12.5. The Morgan fingerprint density at radius 3 is 0.975 bits per heavy atom. The first-order valence-corrected chi connectivity index (χ1v) is 36.1. The van der Waals surface area contributed by atoms with Crippen molar-refractivity contribution in [3.8, 4) is 0 Å². The van der Waals surface area contributed by atoms with Gasteiger partial charge in [-0.2, -0.15) is 0 Å². The first kappa shape index (κ1) is 77.3. The molecule has 79 heavy (non-hydrogen) atoms. The molecule has 0 saturated heterocycles. The van der Waals surface area contributed by atoms with Crippen LogP contribution in [0, 0.1) is 0 Å². The molecule has 0 saturated carbocycles. The van der Waals surface area contributed by atoms with Gasteiger partial charge < -0.3 is 20.3 Å². The summed E-state index contributed by atoms with van der Waals surface area (Å²) in [4.78, 5) is 24.6. The molecule has 1 amide bonds. The largest absolute Gasteiger partial charge is 0.466 e. The van der Waals surface area contributed by atoms with Crippen LogP contribution in [0.4, 0.5) is 0 Å². The number of hydrogen-bond donors (Lipinski definition) is 3. The monoisotopic (exact) mass is 1110 g/mol. The fourth-order valence-electron chi connectivity index (χ4n) is 11.5. The minimum atomic E-state index is -0.661. The molecule has 0 aliphatic heterocycles. The van der Waals surface area contributed by atoms with E-state index in [-0.39, 0.29) is 18.5 Å². The molecule has 0 spiro atoms. The number of rotatable bonds is 68. The van der Waals surface area contributed by atoms with Crippen LogP contribution in [-0.4, -0.2) is 47.4 Å². The van der Waals surface area contributed by atoms with Gasteiger partial charge in [-0.1, -0.05) is 359 Å². The summed E-state index contributed by atoms with van der Waals surface area (Å²) in [7, 11) is 0. The summed E-state index contributed by atoms with van der Waals surface area (Å²) in [6, 6.07) is -0.538. The number of aliphatic hydroxyl groups excluding tert-OH is 2. The maximum absolute atomic E-state index is 12.5. The van der Waals surface area contributed by atoms with E-state index in [2.05, 4.69) is 43.5 Å². The first-order chi connectivity index (χ1) is 39.0. The minimum absolute atomic E-state index is 0.0135. The van der Waals surface area contributed by atoms with Gasteiger partial charge in [0.15, 0.2) is 0 Å². The number of carbonyl (C=O) groups excluding carboxylic acids is 2. The predicted octanol–water partition coefficient (Wildman–Crippen LogP) is 23.3. The van der Waals surface area contributed by atoms with E-state index >= 15 is 0 Å². The molecule has 0 rings (SSSR count). The highest BCUT2D eigenvalue weighted by Gasteiger charge is 2.20. The smallest absolute Gasteiger partial charge is 0.305 e. The molecular weight excluding hydrogens is 971 g/mol. The zero-order valence-electron chi connectivity index (χ0n) is 53.6.